The molecule has 21 heavy (non-hydrogen) atoms. The van der Waals surface area contributed by atoms with E-state index in [9.17, 15) is 14.3 Å². The molecule has 2 aromatic rings. The Hall–Kier alpha value is -2.56. The quantitative estimate of drug-likeness (QED) is 0.888. The maximum atomic E-state index is 13.1. The van der Waals surface area contributed by atoms with Gasteiger partial charge in [0.25, 0.3) is 0 Å². The van der Waals surface area contributed by atoms with Gasteiger partial charge in [0.1, 0.15) is 29.8 Å². The predicted molar refractivity (Wildman–Crippen MR) is 75.3 cm³/mol. The first-order valence-electron chi connectivity index (χ1n) is 6.36. The first-order valence-corrected chi connectivity index (χ1v) is 6.36. The second-order valence-corrected chi connectivity index (χ2v) is 4.40. The molecular formula is C16H15FO4. The molecule has 0 saturated carbocycles. The molecule has 0 heterocycles. The minimum absolute atomic E-state index is 0.112. The van der Waals surface area contributed by atoms with Crippen molar-refractivity contribution in [1.82, 2.24) is 0 Å². The van der Waals surface area contributed by atoms with Crippen LogP contribution < -0.4 is 9.47 Å². The molecule has 0 aliphatic carbocycles. The largest absolute Gasteiger partial charge is 0.496 e. The number of aliphatic carboxylic acids is 1. The van der Waals surface area contributed by atoms with Crippen molar-refractivity contribution in [3.8, 4) is 11.5 Å². The Balaban J connectivity index is 2.18. The number of carboxylic acids is 1. The molecule has 0 amide bonds. The number of benzene rings is 2. The van der Waals surface area contributed by atoms with E-state index in [4.69, 9.17) is 9.47 Å². The number of rotatable bonds is 6. The van der Waals surface area contributed by atoms with Crippen molar-refractivity contribution in [3.63, 3.8) is 0 Å². The van der Waals surface area contributed by atoms with Gasteiger partial charge in [0.2, 0.25) is 0 Å². The number of carboxylic acid groups (broad SMARTS) is 1. The Bertz CT molecular complexity index is 627. The Morgan fingerprint density at radius 1 is 1.24 bits per heavy atom. The fourth-order valence-electron chi connectivity index (χ4n) is 1.98. The lowest BCUT2D eigenvalue weighted by Crippen LogP contribution is -2.20. The topological polar surface area (TPSA) is 55.8 Å². The summed E-state index contributed by atoms with van der Waals surface area (Å²) >= 11 is 0. The highest BCUT2D eigenvalue weighted by Gasteiger charge is 2.24. The zero-order valence-electron chi connectivity index (χ0n) is 11.5. The van der Waals surface area contributed by atoms with Crippen molar-refractivity contribution < 1.29 is 23.8 Å². The lowest BCUT2D eigenvalue weighted by molar-refractivity contribution is -0.139. The highest BCUT2D eigenvalue weighted by molar-refractivity contribution is 5.77. The fraction of sp³-hybridized carbons (Fsp3) is 0.188. The number of para-hydroxylation sites is 1. The van der Waals surface area contributed by atoms with Gasteiger partial charge in [0.05, 0.1) is 7.11 Å². The molecule has 110 valence electrons. The number of hydrogen-bond donors (Lipinski definition) is 1. The third-order valence-electron chi connectivity index (χ3n) is 3.03. The molecule has 0 bridgehead atoms. The van der Waals surface area contributed by atoms with Crippen LogP contribution in [0.1, 0.15) is 11.5 Å². The fourth-order valence-corrected chi connectivity index (χ4v) is 1.98. The van der Waals surface area contributed by atoms with E-state index in [2.05, 4.69) is 0 Å². The Morgan fingerprint density at radius 3 is 2.67 bits per heavy atom. The van der Waals surface area contributed by atoms with Crippen molar-refractivity contribution in [2.24, 2.45) is 0 Å². The molecule has 0 aliphatic rings. The maximum Gasteiger partial charge on any atom is 0.314 e. The van der Waals surface area contributed by atoms with Crippen LogP contribution in [0.3, 0.4) is 0 Å². The summed E-state index contributed by atoms with van der Waals surface area (Å²) in [5, 5.41) is 9.37. The second kappa shape index (κ2) is 6.74. The molecule has 1 N–H and O–H groups in total. The van der Waals surface area contributed by atoms with Crippen LogP contribution in [0.5, 0.6) is 11.5 Å². The first-order chi connectivity index (χ1) is 10.1. The van der Waals surface area contributed by atoms with Crippen molar-refractivity contribution in [2.75, 3.05) is 13.7 Å². The van der Waals surface area contributed by atoms with E-state index in [0.717, 1.165) is 0 Å². The van der Waals surface area contributed by atoms with Gasteiger partial charge in [0, 0.05) is 11.6 Å². The Labute approximate surface area is 121 Å². The minimum Gasteiger partial charge on any atom is -0.496 e. The molecule has 0 radical (unpaired) electrons. The maximum absolute atomic E-state index is 13.1. The van der Waals surface area contributed by atoms with Gasteiger partial charge in [-0.2, -0.15) is 0 Å². The van der Waals surface area contributed by atoms with E-state index in [1.165, 1.54) is 25.3 Å². The summed E-state index contributed by atoms with van der Waals surface area (Å²) in [5.41, 5.74) is 0.518. The van der Waals surface area contributed by atoms with E-state index in [1.807, 2.05) is 0 Å². The van der Waals surface area contributed by atoms with Gasteiger partial charge in [-0.25, -0.2) is 4.39 Å². The van der Waals surface area contributed by atoms with E-state index in [0.29, 0.717) is 11.3 Å². The van der Waals surface area contributed by atoms with Gasteiger partial charge in [-0.05, 0) is 18.2 Å². The molecule has 0 fully saturated rings. The third-order valence-corrected chi connectivity index (χ3v) is 3.03. The Morgan fingerprint density at radius 2 is 2.00 bits per heavy atom. The standard InChI is InChI=1S/C16H15FO4/c1-20-15-8-3-2-7-13(15)14(16(18)19)10-21-12-6-4-5-11(17)9-12/h2-9,14H,10H2,1H3,(H,18,19). The zero-order chi connectivity index (χ0) is 15.2. The van der Waals surface area contributed by atoms with Crippen molar-refractivity contribution in [2.45, 2.75) is 5.92 Å². The smallest absolute Gasteiger partial charge is 0.314 e. The van der Waals surface area contributed by atoms with Gasteiger partial charge < -0.3 is 14.6 Å². The lowest BCUT2D eigenvalue weighted by Gasteiger charge is -2.16. The van der Waals surface area contributed by atoms with E-state index in [1.54, 1.807) is 30.3 Å². The summed E-state index contributed by atoms with van der Waals surface area (Å²) in [6, 6.07) is 12.4. The number of hydrogen-bond acceptors (Lipinski definition) is 3. The molecule has 0 aromatic heterocycles. The SMILES string of the molecule is COc1ccccc1C(COc1cccc(F)c1)C(=O)O. The number of carbonyl (C=O) groups is 1. The van der Waals surface area contributed by atoms with Gasteiger partial charge >= 0.3 is 5.97 Å². The molecule has 0 saturated heterocycles. The van der Waals surface area contributed by atoms with Crippen molar-refractivity contribution >= 4 is 5.97 Å². The van der Waals surface area contributed by atoms with Crippen LogP contribution in [0, 0.1) is 5.82 Å². The monoisotopic (exact) mass is 290 g/mol. The van der Waals surface area contributed by atoms with Gasteiger partial charge in [-0.1, -0.05) is 24.3 Å². The van der Waals surface area contributed by atoms with Crippen LogP contribution in [0.4, 0.5) is 4.39 Å². The molecule has 0 spiro atoms. The third kappa shape index (κ3) is 3.72. The highest BCUT2D eigenvalue weighted by atomic mass is 19.1. The first kappa shape index (κ1) is 14.8. The second-order valence-electron chi connectivity index (χ2n) is 4.40. The van der Waals surface area contributed by atoms with E-state index in [-0.39, 0.29) is 12.4 Å². The molecule has 5 heteroatoms. The normalized spacial score (nSPS) is 11.7. The highest BCUT2D eigenvalue weighted by Crippen LogP contribution is 2.27. The molecule has 1 atom stereocenters. The van der Waals surface area contributed by atoms with Crippen LogP contribution in [0.15, 0.2) is 48.5 Å². The van der Waals surface area contributed by atoms with Crippen LogP contribution in [-0.4, -0.2) is 24.8 Å². The zero-order valence-corrected chi connectivity index (χ0v) is 11.5. The van der Waals surface area contributed by atoms with Crippen molar-refractivity contribution in [1.29, 1.82) is 0 Å². The minimum atomic E-state index is -1.03. The summed E-state index contributed by atoms with van der Waals surface area (Å²) in [6.45, 7) is -0.112. The van der Waals surface area contributed by atoms with Crippen LogP contribution in [0.2, 0.25) is 0 Å². The van der Waals surface area contributed by atoms with Crippen LogP contribution in [-0.2, 0) is 4.79 Å². The van der Waals surface area contributed by atoms with Crippen molar-refractivity contribution in [3.05, 3.63) is 59.9 Å². The number of halogens is 1. The van der Waals surface area contributed by atoms with Gasteiger partial charge in [-0.3, -0.25) is 4.79 Å². The number of ether oxygens (including phenoxy) is 2. The summed E-state index contributed by atoms with van der Waals surface area (Å²) in [4.78, 5) is 11.4. The summed E-state index contributed by atoms with van der Waals surface area (Å²) < 4.78 is 23.6. The molecule has 2 aromatic carbocycles. The van der Waals surface area contributed by atoms with Gasteiger partial charge in [-0.15, -0.1) is 0 Å². The predicted octanol–water partition coefficient (Wildman–Crippen LogP) is 3.08. The molecule has 1 unspecified atom stereocenters. The molecule has 0 aliphatic heterocycles. The van der Waals surface area contributed by atoms with Crippen LogP contribution in [0.25, 0.3) is 0 Å². The van der Waals surface area contributed by atoms with E-state index < -0.39 is 17.7 Å². The Kier molecular flexibility index (Phi) is 4.77. The molecule has 4 nitrogen and oxygen atoms in total. The lowest BCUT2D eigenvalue weighted by atomic mass is 9.99. The van der Waals surface area contributed by atoms with Crippen LogP contribution >= 0.6 is 0 Å². The average Bonchev–Trinajstić information content (AvgIpc) is 2.47. The molecular weight excluding hydrogens is 275 g/mol. The average molecular weight is 290 g/mol. The molecule has 2 rings (SSSR count). The summed E-state index contributed by atoms with van der Waals surface area (Å²) in [5.74, 6) is -1.60. The number of methoxy groups -OCH3 is 1. The summed E-state index contributed by atoms with van der Waals surface area (Å²) in [7, 11) is 1.48. The summed E-state index contributed by atoms with van der Waals surface area (Å²) in [6.07, 6.45) is 0. The van der Waals surface area contributed by atoms with E-state index >= 15 is 0 Å². The van der Waals surface area contributed by atoms with Gasteiger partial charge in [0.15, 0.2) is 0 Å².